The van der Waals surface area contributed by atoms with Crippen LogP contribution in [-0.4, -0.2) is 36.5 Å². The van der Waals surface area contributed by atoms with Crippen LogP contribution in [0.25, 0.3) is 0 Å². The number of hydrogen-bond acceptors (Lipinski definition) is 2. The summed E-state index contributed by atoms with van der Waals surface area (Å²) in [5.74, 6) is 0.123. The molecule has 0 aliphatic carbocycles. The third-order valence-electron chi connectivity index (χ3n) is 2.04. The Bertz CT molecular complexity index is 178. The molecule has 0 bridgehead atoms. The Morgan fingerprint density at radius 1 is 1.54 bits per heavy atom. The van der Waals surface area contributed by atoms with Gasteiger partial charge in [0.05, 0.1) is 6.04 Å². The minimum Gasteiger partial charge on any atom is -0.335 e. The molecule has 13 heavy (non-hydrogen) atoms. The lowest BCUT2D eigenvalue weighted by Gasteiger charge is -2.28. The number of rotatable bonds is 5. The standard InChI is InChI=1S/C10H20N2O/c1-6-7-12(8(2)3)10(13)9(4)11-5/h6,8-9,11H,1,7H2,2-5H3. The van der Waals surface area contributed by atoms with E-state index in [-0.39, 0.29) is 18.0 Å². The zero-order valence-corrected chi connectivity index (χ0v) is 9.00. The second kappa shape index (κ2) is 5.75. The van der Waals surface area contributed by atoms with Gasteiger partial charge in [-0.1, -0.05) is 6.08 Å². The molecule has 0 rings (SSSR count). The third-order valence-corrected chi connectivity index (χ3v) is 2.04. The number of carbonyl (C=O) groups excluding carboxylic acids is 1. The fourth-order valence-electron chi connectivity index (χ4n) is 1.07. The average Bonchev–Trinajstić information content (AvgIpc) is 2.11. The molecule has 0 aliphatic heterocycles. The molecule has 3 heteroatoms. The number of carbonyl (C=O) groups is 1. The summed E-state index contributed by atoms with van der Waals surface area (Å²) in [7, 11) is 1.79. The minimum absolute atomic E-state index is 0.123. The summed E-state index contributed by atoms with van der Waals surface area (Å²) >= 11 is 0. The Hall–Kier alpha value is -0.830. The van der Waals surface area contributed by atoms with Crippen LogP contribution in [0.5, 0.6) is 0 Å². The zero-order valence-electron chi connectivity index (χ0n) is 9.00. The third kappa shape index (κ3) is 3.59. The first-order valence-electron chi connectivity index (χ1n) is 4.63. The Labute approximate surface area is 80.8 Å². The highest BCUT2D eigenvalue weighted by atomic mass is 16.2. The maximum atomic E-state index is 11.7. The largest absolute Gasteiger partial charge is 0.335 e. The quantitative estimate of drug-likeness (QED) is 0.647. The minimum atomic E-state index is -0.123. The number of hydrogen-bond donors (Lipinski definition) is 1. The Kier molecular flexibility index (Phi) is 5.39. The van der Waals surface area contributed by atoms with E-state index in [0.717, 1.165) is 0 Å². The van der Waals surface area contributed by atoms with Crippen LogP contribution in [0.2, 0.25) is 0 Å². The first kappa shape index (κ1) is 12.2. The number of amides is 1. The van der Waals surface area contributed by atoms with Gasteiger partial charge in [-0.2, -0.15) is 0 Å². The van der Waals surface area contributed by atoms with Crippen molar-refractivity contribution in [2.24, 2.45) is 0 Å². The van der Waals surface area contributed by atoms with Gasteiger partial charge in [0.15, 0.2) is 0 Å². The van der Waals surface area contributed by atoms with E-state index in [2.05, 4.69) is 11.9 Å². The molecule has 0 aromatic carbocycles. The molecule has 0 aliphatic rings. The van der Waals surface area contributed by atoms with Crippen molar-refractivity contribution in [2.45, 2.75) is 32.9 Å². The highest BCUT2D eigenvalue weighted by Gasteiger charge is 2.19. The second-order valence-corrected chi connectivity index (χ2v) is 3.38. The average molecular weight is 184 g/mol. The van der Waals surface area contributed by atoms with Crippen LogP contribution < -0.4 is 5.32 Å². The van der Waals surface area contributed by atoms with Gasteiger partial charge in [0.1, 0.15) is 0 Å². The molecule has 1 atom stereocenters. The zero-order chi connectivity index (χ0) is 10.4. The van der Waals surface area contributed by atoms with Gasteiger partial charge in [-0.25, -0.2) is 0 Å². The lowest BCUT2D eigenvalue weighted by molar-refractivity contribution is -0.133. The molecule has 0 saturated heterocycles. The second-order valence-electron chi connectivity index (χ2n) is 3.38. The van der Waals surface area contributed by atoms with Crippen LogP contribution in [0.4, 0.5) is 0 Å². The predicted octanol–water partition coefficient (Wildman–Crippen LogP) is 1.02. The number of nitrogens with one attached hydrogen (secondary N) is 1. The van der Waals surface area contributed by atoms with Crippen LogP contribution in [0, 0.1) is 0 Å². The normalized spacial score (nSPS) is 12.7. The van der Waals surface area contributed by atoms with Crippen molar-refractivity contribution in [3.8, 4) is 0 Å². The van der Waals surface area contributed by atoms with Gasteiger partial charge in [-0.3, -0.25) is 4.79 Å². The summed E-state index contributed by atoms with van der Waals surface area (Å²) < 4.78 is 0. The predicted molar refractivity (Wildman–Crippen MR) is 55.6 cm³/mol. The first-order chi connectivity index (χ1) is 6.04. The van der Waals surface area contributed by atoms with Crippen molar-refractivity contribution >= 4 is 5.91 Å². The van der Waals surface area contributed by atoms with Crippen molar-refractivity contribution < 1.29 is 4.79 Å². The van der Waals surface area contributed by atoms with E-state index < -0.39 is 0 Å². The van der Waals surface area contributed by atoms with E-state index in [4.69, 9.17) is 0 Å². The monoisotopic (exact) mass is 184 g/mol. The maximum Gasteiger partial charge on any atom is 0.239 e. The van der Waals surface area contributed by atoms with E-state index in [9.17, 15) is 4.79 Å². The van der Waals surface area contributed by atoms with Gasteiger partial charge in [-0.05, 0) is 27.8 Å². The molecule has 76 valence electrons. The molecule has 0 heterocycles. The summed E-state index contributed by atoms with van der Waals surface area (Å²) in [5.41, 5.74) is 0. The lowest BCUT2D eigenvalue weighted by atomic mass is 10.2. The van der Waals surface area contributed by atoms with Gasteiger partial charge < -0.3 is 10.2 Å². The van der Waals surface area contributed by atoms with Crippen LogP contribution in [-0.2, 0) is 4.79 Å². The van der Waals surface area contributed by atoms with E-state index in [0.29, 0.717) is 6.54 Å². The molecule has 3 nitrogen and oxygen atoms in total. The van der Waals surface area contributed by atoms with E-state index in [1.807, 2.05) is 20.8 Å². The molecule has 0 radical (unpaired) electrons. The molecule has 0 spiro atoms. The molecular formula is C10H20N2O. The Balaban J connectivity index is 4.35. The van der Waals surface area contributed by atoms with Gasteiger partial charge in [-0.15, -0.1) is 6.58 Å². The molecule has 1 amide bonds. The molecule has 0 fully saturated rings. The fraction of sp³-hybridized carbons (Fsp3) is 0.700. The van der Waals surface area contributed by atoms with Crippen molar-refractivity contribution in [1.82, 2.24) is 10.2 Å². The summed E-state index contributed by atoms with van der Waals surface area (Å²) in [6.07, 6.45) is 1.75. The Morgan fingerprint density at radius 3 is 2.38 bits per heavy atom. The first-order valence-corrected chi connectivity index (χ1v) is 4.63. The summed E-state index contributed by atoms with van der Waals surface area (Å²) in [6, 6.07) is 0.101. The molecule has 1 unspecified atom stereocenters. The highest BCUT2D eigenvalue weighted by Crippen LogP contribution is 2.01. The summed E-state index contributed by atoms with van der Waals surface area (Å²) in [4.78, 5) is 13.5. The van der Waals surface area contributed by atoms with Crippen LogP contribution in [0.1, 0.15) is 20.8 Å². The van der Waals surface area contributed by atoms with E-state index >= 15 is 0 Å². The van der Waals surface area contributed by atoms with Crippen LogP contribution in [0.15, 0.2) is 12.7 Å². The molecule has 0 aromatic rings. The van der Waals surface area contributed by atoms with Crippen molar-refractivity contribution in [2.75, 3.05) is 13.6 Å². The highest BCUT2D eigenvalue weighted by molar-refractivity contribution is 5.81. The SMILES string of the molecule is C=CCN(C(=O)C(C)NC)C(C)C. The Morgan fingerprint density at radius 2 is 2.08 bits per heavy atom. The lowest BCUT2D eigenvalue weighted by Crippen LogP contribution is -2.46. The molecule has 0 saturated carbocycles. The van der Waals surface area contributed by atoms with Crippen LogP contribution in [0.3, 0.4) is 0 Å². The smallest absolute Gasteiger partial charge is 0.239 e. The van der Waals surface area contributed by atoms with Gasteiger partial charge in [0.25, 0.3) is 0 Å². The van der Waals surface area contributed by atoms with Crippen molar-refractivity contribution in [1.29, 1.82) is 0 Å². The summed E-state index contributed by atoms with van der Waals surface area (Å²) in [5, 5.41) is 2.93. The number of likely N-dealkylation sites (N-methyl/N-ethyl adjacent to an activating group) is 1. The van der Waals surface area contributed by atoms with Crippen molar-refractivity contribution in [3.63, 3.8) is 0 Å². The van der Waals surface area contributed by atoms with Gasteiger partial charge in [0.2, 0.25) is 5.91 Å². The van der Waals surface area contributed by atoms with Crippen LogP contribution >= 0.6 is 0 Å². The van der Waals surface area contributed by atoms with Gasteiger partial charge >= 0.3 is 0 Å². The van der Waals surface area contributed by atoms with E-state index in [1.54, 1.807) is 18.0 Å². The fourth-order valence-corrected chi connectivity index (χ4v) is 1.07. The van der Waals surface area contributed by atoms with Gasteiger partial charge in [0, 0.05) is 12.6 Å². The number of nitrogens with zero attached hydrogens (tertiary/aromatic N) is 1. The maximum absolute atomic E-state index is 11.7. The van der Waals surface area contributed by atoms with Crippen molar-refractivity contribution in [3.05, 3.63) is 12.7 Å². The van der Waals surface area contributed by atoms with E-state index in [1.165, 1.54) is 0 Å². The molecule has 1 N–H and O–H groups in total. The molecular weight excluding hydrogens is 164 g/mol. The summed E-state index contributed by atoms with van der Waals surface area (Å²) in [6.45, 7) is 10.1. The molecule has 0 aromatic heterocycles. The topological polar surface area (TPSA) is 32.3 Å².